The van der Waals surface area contributed by atoms with E-state index in [0.29, 0.717) is 23.8 Å². The van der Waals surface area contributed by atoms with Gasteiger partial charge in [-0.2, -0.15) is 0 Å². The minimum atomic E-state index is 0.498. The number of nitrogens with zero attached hydrogens (tertiary/aromatic N) is 2. The van der Waals surface area contributed by atoms with Crippen molar-refractivity contribution in [3.63, 3.8) is 0 Å². The molecule has 0 N–H and O–H groups in total. The van der Waals surface area contributed by atoms with Gasteiger partial charge in [-0.05, 0) is 17.7 Å². The van der Waals surface area contributed by atoms with E-state index < -0.39 is 0 Å². The molecule has 2 heterocycles. The zero-order valence-electron chi connectivity index (χ0n) is 9.82. The number of hydrogen-bond donors (Lipinski definition) is 0. The SMILES string of the molecule is C[N+]1=CC2C=CC=C3N=CC4=CC=CC1C4C32. The predicted molar refractivity (Wildman–Crippen MR) is 69.4 cm³/mol. The fourth-order valence-electron chi connectivity index (χ4n) is 3.57. The van der Waals surface area contributed by atoms with Gasteiger partial charge >= 0.3 is 0 Å². The first-order valence-corrected chi connectivity index (χ1v) is 6.22. The van der Waals surface area contributed by atoms with Crippen LogP contribution in [0, 0.1) is 17.8 Å². The Morgan fingerprint density at radius 2 is 2.00 bits per heavy atom. The molecule has 2 heteroatoms. The third-order valence-corrected chi connectivity index (χ3v) is 4.33. The molecular formula is C15H15N2+. The molecule has 0 saturated heterocycles. The molecule has 0 saturated carbocycles. The lowest BCUT2D eigenvalue weighted by atomic mass is 9.66. The lowest BCUT2D eigenvalue weighted by Crippen LogP contribution is -2.48. The van der Waals surface area contributed by atoms with Crippen LogP contribution in [0.4, 0.5) is 0 Å². The third-order valence-electron chi connectivity index (χ3n) is 4.33. The Kier molecular flexibility index (Phi) is 1.74. The molecule has 2 nitrogen and oxygen atoms in total. The lowest BCUT2D eigenvalue weighted by Gasteiger charge is -2.41. The van der Waals surface area contributed by atoms with Crippen LogP contribution in [-0.2, 0) is 0 Å². The Morgan fingerprint density at radius 1 is 1.12 bits per heavy atom. The van der Waals surface area contributed by atoms with Gasteiger partial charge in [0.05, 0.1) is 11.8 Å². The van der Waals surface area contributed by atoms with Gasteiger partial charge < -0.3 is 0 Å². The molecule has 4 atom stereocenters. The average Bonchev–Trinajstić information content (AvgIpc) is 2.37. The Bertz CT molecular complexity index is 557. The summed E-state index contributed by atoms with van der Waals surface area (Å²) in [5.74, 6) is 1.63. The highest BCUT2D eigenvalue weighted by Gasteiger charge is 2.48. The van der Waals surface area contributed by atoms with Crippen molar-refractivity contribution in [1.29, 1.82) is 0 Å². The van der Waals surface area contributed by atoms with Gasteiger partial charge in [-0.1, -0.05) is 24.3 Å². The van der Waals surface area contributed by atoms with Crippen molar-refractivity contribution in [2.75, 3.05) is 7.05 Å². The Hall–Kier alpha value is -1.70. The molecule has 2 aliphatic carbocycles. The van der Waals surface area contributed by atoms with Crippen molar-refractivity contribution >= 4 is 12.4 Å². The van der Waals surface area contributed by atoms with Gasteiger partial charge in [0.2, 0.25) is 0 Å². The molecule has 4 aliphatic rings. The maximum atomic E-state index is 4.62. The smallest absolute Gasteiger partial charge is 0.178 e. The zero-order chi connectivity index (χ0) is 11.4. The standard InChI is InChI=1S/C15H15N2/c1-17-9-11-5-2-6-12-14(11)15-10(8-16-12)4-3-7-13(15)17/h2-9,11,13-15H,1H3/q+1. The van der Waals surface area contributed by atoms with Crippen molar-refractivity contribution in [3.05, 3.63) is 47.7 Å². The first-order valence-electron chi connectivity index (χ1n) is 6.22. The number of allylic oxidation sites excluding steroid dienone is 6. The Labute approximate surface area is 101 Å². The van der Waals surface area contributed by atoms with Crippen LogP contribution in [0.2, 0.25) is 0 Å². The van der Waals surface area contributed by atoms with Crippen molar-refractivity contribution in [1.82, 2.24) is 0 Å². The van der Waals surface area contributed by atoms with Crippen LogP contribution < -0.4 is 0 Å². The van der Waals surface area contributed by atoms with Crippen LogP contribution in [0.1, 0.15) is 0 Å². The van der Waals surface area contributed by atoms with Crippen molar-refractivity contribution < 1.29 is 4.58 Å². The highest BCUT2D eigenvalue weighted by molar-refractivity contribution is 5.84. The van der Waals surface area contributed by atoms with E-state index in [1.54, 1.807) is 0 Å². The van der Waals surface area contributed by atoms with E-state index in [1.807, 2.05) is 0 Å². The van der Waals surface area contributed by atoms with Gasteiger partial charge in [-0.25, -0.2) is 4.58 Å². The van der Waals surface area contributed by atoms with E-state index in [4.69, 9.17) is 0 Å². The van der Waals surface area contributed by atoms with E-state index in [-0.39, 0.29) is 0 Å². The molecular weight excluding hydrogens is 208 g/mol. The highest BCUT2D eigenvalue weighted by Crippen LogP contribution is 2.44. The number of rotatable bonds is 0. The molecule has 4 unspecified atom stereocenters. The molecule has 0 radical (unpaired) electrons. The molecule has 2 aliphatic heterocycles. The number of likely N-dealkylation sites (N-methyl/N-ethyl adjacent to an activating group) is 1. The molecule has 4 rings (SSSR count). The summed E-state index contributed by atoms with van der Waals surface area (Å²) < 4.78 is 2.36. The van der Waals surface area contributed by atoms with E-state index in [1.165, 1.54) is 11.3 Å². The van der Waals surface area contributed by atoms with Gasteiger partial charge in [-0.15, -0.1) is 0 Å². The molecule has 0 aromatic carbocycles. The van der Waals surface area contributed by atoms with E-state index >= 15 is 0 Å². The molecule has 0 aromatic heterocycles. The minimum absolute atomic E-state index is 0.498. The van der Waals surface area contributed by atoms with Gasteiger partial charge in [0.25, 0.3) is 0 Å². The molecule has 0 spiro atoms. The zero-order valence-corrected chi connectivity index (χ0v) is 9.82. The van der Waals surface area contributed by atoms with Crippen molar-refractivity contribution in [3.8, 4) is 0 Å². The fraction of sp³-hybridized carbons (Fsp3) is 0.333. The summed E-state index contributed by atoms with van der Waals surface area (Å²) in [5.41, 5.74) is 2.64. The Morgan fingerprint density at radius 3 is 2.94 bits per heavy atom. The van der Waals surface area contributed by atoms with Crippen molar-refractivity contribution in [2.45, 2.75) is 6.04 Å². The first kappa shape index (κ1) is 9.34. The molecule has 0 aromatic rings. The van der Waals surface area contributed by atoms with Crippen LogP contribution in [0.25, 0.3) is 0 Å². The summed E-state index contributed by atoms with van der Waals surface area (Å²) in [6.45, 7) is 0. The highest BCUT2D eigenvalue weighted by atomic mass is 15.0. The molecule has 0 amide bonds. The quantitative estimate of drug-likeness (QED) is 0.558. The largest absolute Gasteiger partial charge is 0.261 e. The van der Waals surface area contributed by atoms with E-state index in [9.17, 15) is 0 Å². The van der Waals surface area contributed by atoms with Crippen LogP contribution in [0.15, 0.2) is 52.7 Å². The van der Waals surface area contributed by atoms with Gasteiger partial charge in [0.15, 0.2) is 6.04 Å². The Balaban J connectivity index is 1.96. The summed E-state index contributed by atoms with van der Waals surface area (Å²) >= 11 is 0. The maximum Gasteiger partial charge on any atom is 0.178 e. The van der Waals surface area contributed by atoms with Gasteiger partial charge in [0, 0.05) is 17.8 Å². The topological polar surface area (TPSA) is 15.4 Å². The van der Waals surface area contributed by atoms with E-state index in [2.05, 4.69) is 65.5 Å². The van der Waals surface area contributed by atoms with Crippen LogP contribution in [0.3, 0.4) is 0 Å². The molecule has 0 fully saturated rings. The van der Waals surface area contributed by atoms with Gasteiger partial charge in [-0.3, -0.25) is 4.99 Å². The maximum absolute atomic E-state index is 4.62. The summed E-state index contributed by atoms with van der Waals surface area (Å²) in [7, 11) is 2.19. The lowest BCUT2D eigenvalue weighted by molar-refractivity contribution is -0.537. The van der Waals surface area contributed by atoms with Crippen LogP contribution in [-0.4, -0.2) is 30.1 Å². The number of aliphatic imine (C=N–C) groups is 1. The van der Waals surface area contributed by atoms with Crippen LogP contribution in [0.5, 0.6) is 0 Å². The second kappa shape index (κ2) is 3.16. The summed E-state index contributed by atoms with van der Waals surface area (Å²) in [6, 6.07) is 0.498. The molecule has 17 heavy (non-hydrogen) atoms. The second-order valence-corrected chi connectivity index (χ2v) is 5.22. The minimum Gasteiger partial charge on any atom is -0.261 e. The second-order valence-electron chi connectivity index (χ2n) is 5.22. The third kappa shape index (κ3) is 1.15. The fourth-order valence-corrected chi connectivity index (χ4v) is 3.57. The molecule has 0 bridgehead atoms. The summed E-state index contributed by atoms with van der Waals surface area (Å²) in [6.07, 6.45) is 17.7. The average molecular weight is 223 g/mol. The predicted octanol–water partition coefficient (Wildman–Crippen LogP) is 1.96. The monoisotopic (exact) mass is 223 g/mol. The normalized spacial score (nSPS) is 40.4. The van der Waals surface area contributed by atoms with Gasteiger partial charge in [0.1, 0.15) is 13.3 Å². The number of hydrogen-bond acceptors (Lipinski definition) is 1. The van der Waals surface area contributed by atoms with E-state index in [0.717, 1.165) is 0 Å². The molecule has 84 valence electrons. The van der Waals surface area contributed by atoms with Crippen molar-refractivity contribution in [2.24, 2.45) is 22.7 Å². The van der Waals surface area contributed by atoms with Crippen LogP contribution >= 0.6 is 0 Å². The summed E-state index contributed by atoms with van der Waals surface area (Å²) in [4.78, 5) is 4.62. The first-order chi connectivity index (χ1) is 8.34. The summed E-state index contributed by atoms with van der Waals surface area (Å²) in [5, 5.41) is 0.